The van der Waals surface area contributed by atoms with E-state index < -0.39 is 10.0 Å². The van der Waals surface area contributed by atoms with Crippen LogP contribution in [-0.4, -0.2) is 61.9 Å². The molecule has 0 atom stereocenters. The lowest BCUT2D eigenvalue weighted by Crippen LogP contribution is -2.49. The first-order valence-corrected chi connectivity index (χ1v) is 10.4. The highest BCUT2D eigenvalue weighted by atomic mass is 32.2. The van der Waals surface area contributed by atoms with Crippen molar-refractivity contribution in [3.63, 3.8) is 0 Å². The minimum absolute atomic E-state index is 0.109. The fourth-order valence-corrected chi connectivity index (χ4v) is 4.04. The Bertz CT molecular complexity index is 881. The molecule has 9 heteroatoms. The van der Waals surface area contributed by atoms with Crippen LogP contribution in [0.3, 0.4) is 0 Å². The Morgan fingerprint density at radius 3 is 2.48 bits per heavy atom. The molecule has 27 heavy (non-hydrogen) atoms. The van der Waals surface area contributed by atoms with Gasteiger partial charge in [-0.3, -0.25) is 4.79 Å². The minimum atomic E-state index is -3.60. The molecule has 1 aliphatic rings. The van der Waals surface area contributed by atoms with Crippen molar-refractivity contribution < 1.29 is 13.2 Å². The molecule has 1 aliphatic heterocycles. The number of amides is 1. The standard InChI is InChI=1S/C18H23N5O3S/c1-2-7-21-27(25,26)16-6-3-5-15(14-16)17(24)22-10-12-23(13-11-22)18-19-8-4-9-20-18/h3-6,8-9,14,21H,2,7,10-13H2,1H3. The van der Waals surface area contributed by atoms with E-state index in [9.17, 15) is 13.2 Å². The maximum atomic E-state index is 12.8. The van der Waals surface area contributed by atoms with Crippen molar-refractivity contribution in [2.24, 2.45) is 0 Å². The van der Waals surface area contributed by atoms with Crippen LogP contribution < -0.4 is 9.62 Å². The largest absolute Gasteiger partial charge is 0.337 e. The molecule has 0 spiro atoms. The molecule has 8 nitrogen and oxygen atoms in total. The van der Waals surface area contributed by atoms with E-state index in [2.05, 4.69) is 14.7 Å². The second-order valence-electron chi connectivity index (χ2n) is 6.25. The van der Waals surface area contributed by atoms with Gasteiger partial charge in [0.25, 0.3) is 5.91 Å². The van der Waals surface area contributed by atoms with Gasteiger partial charge in [0.1, 0.15) is 0 Å². The summed E-state index contributed by atoms with van der Waals surface area (Å²) in [5.74, 6) is 0.482. The zero-order valence-corrected chi connectivity index (χ0v) is 16.0. The van der Waals surface area contributed by atoms with Gasteiger partial charge in [-0.2, -0.15) is 0 Å². The summed E-state index contributed by atoms with van der Waals surface area (Å²) in [5.41, 5.74) is 0.374. The maximum Gasteiger partial charge on any atom is 0.254 e. The topological polar surface area (TPSA) is 95.5 Å². The molecule has 1 fully saturated rings. The third-order valence-corrected chi connectivity index (χ3v) is 5.79. The first-order chi connectivity index (χ1) is 13.0. The number of nitrogens with one attached hydrogen (secondary N) is 1. The molecule has 2 aromatic rings. The number of carbonyl (C=O) groups excluding carboxylic acids is 1. The monoisotopic (exact) mass is 389 g/mol. The van der Waals surface area contributed by atoms with E-state index in [1.807, 2.05) is 11.8 Å². The van der Waals surface area contributed by atoms with Crippen LogP contribution in [0.15, 0.2) is 47.6 Å². The molecule has 3 rings (SSSR count). The van der Waals surface area contributed by atoms with Gasteiger partial charge in [0.15, 0.2) is 0 Å². The van der Waals surface area contributed by atoms with Crippen LogP contribution in [0.4, 0.5) is 5.95 Å². The van der Waals surface area contributed by atoms with E-state index in [1.165, 1.54) is 12.1 Å². The number of anilines is 1. The van der Waals surface area contributed by atoms with Crippen molar-refractivity contribution >= 4 is 21.9 Å². The lowest BCUT2D eigenvalue weighted by molar-refractivity contribution is 0.0746. The Morgan fingerprint density at radius 2 is 1.81 bits per heavy atom. The van der Waals surface area contributed by atoms with Gasteiger partial charge in [0, 0.05) is 50.7 Å². The Kier molecular flexibility index (Phi) is 6.02. The number of hydrogen-bond acceptors (Lipinski definition) is 6. The zero-order valence-electron chi connectivity index (χ0n) is 15.2. The average molecular weight is 389 g/mol. The van der Waals surface area contributed by atoms with Gasteiger partial charge in [-0.15, -0.1) is 0 Å². The molecule has 0 unspecified atom stereocenters. The number of nitrogens with zero attached hydrogens (tertiary/aromatic N) is 4. The Balaban J connectivity index is 1.68. The maximum absolute atomic E-state index is 12.8. The predicted molar refractivity (Wildman–Crippen MR) is 102 cm³/mol. The van der Waals surface area contributed by atoms with Gasteiger partial charge in [-0.25, -0.2) is 23.1 Å². The molecule has 2 heterocycles. The van der Waals surface area contributed by atoms with Crippen molar-refractivity contribution in [2.45, 2.75) is 18.2 Å². The van der Waals surface area contributed by atoms with Crippen molar-refractivity contribution in [2.75, 3.05) is 37.6 Å². The molecule has 144 valence electrons. The van der Waals surface area contributed by atoms with E-state index in [1.54, 1.807) is 35.5 Å². The number of rotatable bonds is 6. The number of benzene rings is 1. The molecule has 0 radical (unpaired) electrons. The summed E-state index contributed by atoms with van der Waals surface area (Å²) in [6, 6.07) is 7.95. The second-order valence-corrected chi connectivity index (χ2v) is 8.02. The Labute approximate surface area is 159 Å². The quantitative estimate of drug-likeness (QED) is 0.796. The van der Waals surface area contributed by atoms with Gasteiger partial charge in [-0.05, 0) is 30.7 Å². The summed E-state index contributed by atoms with van der Waals surface area (Å²) >= 11 is 0. The molecular weight excluding hydrogens is 366 g/mol. The average Bonchev–Trinajstić information content (AvgIpc) is 2.72. The molecule has 0 saturated carbocycles. The lowest BCUT2D eigenvalue weighted by atomic mass is 10.2. The summed E-state index contributed by atoms with van der Waals surface area (Å²) < 4.78 is 27.1. The van der Waals surface area contributed by atoms with E-state index in [-0.39, 0.29) is 10.8 Å². The third-order valence-electron chi connectivity index (χ3n) is 4.34. The molecule has 1 N–H and O–H groups in total. The smallest absolute Gasteiger partial charge is 0.254 e. The van der Waals surface area contributed by atoms with Crippen LogP contribution in [0.1, 0.15) is 23.7 Å². The van der Waals surface area contributed by atoms with Crippen molar-refractivity contribution in [1.82, 2.24) is 19.6 Å². The lowest BCUT2D eigenvalue weighted by Gasteiger charge is -2.34. The first kappa shape index (κ1) is 19.2. The molecular formula is C18H23N5O3S. The number of piperazine rings is 1. The summed E-state index contributed by atoms with van der Waals surface area (Å²) in [6.07, 6.45) is 4.09. The van der Waals surface area contributed by atoms with Crippen LogP contribution in [0.25, 0.3) is 0 Å². The predicted octanol–water partition coefficient (Wildman–Crippen LogP) is 1.13. The van der Waals surface area contributed by atoms with Gasteiger partial charge in [-0.1, -0.05) is 13.0 Å². The van der Waals surface area contributed by atoms with Gasteiger partial charge >= 0.3 is 0 Å². The van der Waals surface area contributed by atoms with Crippen LogP contribution in [0.2, 0.25) is 0 Å². The summed E-state index contributed by atoms with van der Waals surface area (Å²) in [4.78, 5) is 25.1. The summed E-state index contributed by atoms with van der Waals surface area (Å²) in [5, 5.41) is 0. The third kappa shape index (κ3) is 4.61. The van der Waals surface area contributed by atoms with Crippen molar-refractivity contribution in [1.29, 1.82) is 0 Å². The minimum Gasteiger partial charge on any atom is -0.337 e. The number of aromatic nitrogens is 2. The summed E-state index contributed by atoms with van der Waals surface area (Å²) in [6.45, 7) is 4.58. The first-order valence-electron chi connectivity index (χ1n) is 8.92. The van der Waals surface area contributed by atoms with Crippen molar-refractivity contribution in [3.05, 3.63) is 48.3 Å². The van der Waals surface area contributed by atoms with E-state index in [0.29, 0.717) is 50.7 Å². The molecule has 1 saturated heterocycles. The van der Waals surface area contributed by atoms with Crippen LogP contribution >= 0.6 is 0 Å². The molecule has 0 bridgehead atoms. The molecule has 0 aliphatic carbocycles. The van der Waals surface area contributed by atoms with Gasteiger partial charge in [0.05, 0.1) is 4.90 Å². The molecule has 1 amide bonds. The highest BCUT2D eigenvalue weighted by Crippen LogP contribution is 2.16. The number of sulfonamides is 1. The van der Waals surface area contributed by atoms with Gasteiger partial charge in [0.2, 0.25) is 16.0 Å². The SMILES string of the molecule is CCCNS(=O)(=O)c1cccc(C(=O)N2CCN(c3ncccn3)CC2)c1. The van der Waals surface area contributed by atoms with E-state index >= 15 is 0 Å². The fraction of sp³-hybridized carbons (Fsp3) is 0.389. The number of hydrogen-bond donors (Lipinski definition) is 1. The van der Waals surface area contributed by atoms with Crippen LogP contribution in [-0.2, 0) is 10.0 Å². The van der Waals surface area contributed by atoms with E-state index in [0.717, 1.165) is 0 Å². The highest BCUT2D eigenvalue weighted by Gasteiger charge is 2.24. The fourth-order valence-electron chi connectivity index (χ4n) is 2.86. The molecule has 1 aromatic carbocycles. The Hall–Kier alpha value is -2.52. The van der Waals surface area contributed by atoms with Crippen LogP contribution in [0, 0.1) is 0 Å². The normalized spacial score (nSPS) is 15.0. The Morgan fingerprint density at radius 1 is 1.11 bits per heavy atom. The van der Waals surface area contributed by atoms with Gasteiger partial charge < -0.3 is 9.80 Å². The summed E-state index contributed by atoms with van der Waals surface area (Å²) in [7, 11) is -3.60. The van der Waals surface area contributed by atoms with Crippen molar-refractivity contribution in [3.8, 4) is 0 Å². The van der Waals surface area contributed by atoms with Crippen LogP contribution in [0.5, 0.6) is 0 Å². The second kappa shape index (κ2) is 8.45. The highest BCUT2D eigenvalue weighted by molar-refractivity contribution is 7.89. The molecule has 1 aromatic heterocycles. The van der Waals surface area contributed by atoms with E-state index in [4.69, 9.17) is 0 Å². The zero-order chi connectivity index (χ0) is 19.3. The number of carbonyl (C=O) groups is 1.